The quantitative estimate of drug-likeness (QED) is 0.871. The lowest BCUT2D eigenvalue weighted by Crippen LogP contribution is -2.18. The molecule has 17 heavy (non-hydrogen) atoms. The van der Waals surface area contributed by atoms with Gasteiger partial charge in [-0.15, -0.1) is 13.2 Å². The van der Waals surface area contributed by atoms with Gasteiger partial charge in [-0.2, -0.15) is 0 Å². The summed E-state index contributed by atoms with van der Waals surface area (Å²) in [6.45, 7) is 0.260. The van der Waals surface area contributed by atoms with Crippen molar-refractivity contribution in [2.24, 2.45) is 5.73 Å². The average Bonchev–Trinajstić information content (AvgIpc) is 2.55. The lowest BCUT2D eigenvalue weighted by atomic mass is 10.1. The van der Waals surface area contributed by atoms with Crippen LogP contribution in [0.3, 0.4) is 0 Å². The van der Waals surface area contributed by atoms with Gasteiger partial charge in [0.2, 0.25) is 5.88 Å². The lowest BCUT2D eigenvalue weighted by Gasteiger charge is -2.08. The smallest absolute Gasteiger partial charge is 0.390 e. The van der Waals surface area contributed by atoms with Crippen LogP contribution in [0.25, 0.3) is 10.9 Å². The highest BCUT2D eigenvalue weighted by atomic mass is 19.4. The summed E-state index contributed by atoms with van der Waals surface area (Å²) in [6.07, 6.45) is -4.38. The molecule has 0 saturated carbocycles. The van der Waals surface area contributed by atoms with Crippen molar-refractivity contribution < 1.29 is 17.9 Å². The van der Waals surface area contributed by atoms with E-state index in [1.54, 1.807) is 24.3 Å². The second kappa shape index (κ2) is 4.29. The van der Waals surface area contributed by atoms with Crippen LogP contribution in [0.4, 0.5) is 13.2 Å². The molecule has 3 N–H and O–H groups in total. The highest BCUT2D eigenvalue weighted by Gasteiger charge is 2.33. The number of aromatic nitrogens is 1. The number of nitrogens with two attached hydrogens (primary N) is 1. The van der Waals surface area contributed by atoms with E-state index in [4.69, 9.17) is 5.73 Å². The summed E-state index contributed by atoms with van der Waals surface area (Å²) in [4.78, 5) is 2.61. The number of halogens is 3. The van der Waals surface area contributed by atoms with E-state index >= 15 is 0 Å². The first-order valence-corrected chi connectivity index (χ1v) is 5.06. The number of rotatable bonds is 3. The Morgan fingerprint density at radius 1 is 1.24 bits per heavy atom. The molecule has 0 spiro atoms. The summed E-state index contributed by atoms with van der Waals surface area (Å²) in [6, 6.07) is 6.93. The van der Waals surface area contributed by atoms with Gasteiger partial charge in [0.1, 0.15) is 0 Å². The van der Waals surface area contributed by atoms with Crippen LogP contribution in [0.1, 0.15) is 5.56 Å². The van der Waals surface area contributed by atoms with Gasteiger partial charge in [0.05, 0.1) is 0 Å². The van der Waals surface area contributed by atoms with Gasteiger partial charge in [-0.05, 0) is 19.0 Å². The van der Waals surface area contributed by atoms with Crippen molar-refractivity contribution in [2.75, 3.05) is 6.54 Å². The number of fused-ring (bicyclic) bond motifs is 1. The lowest BCUT2D eigenvalue weighted by molar-refractivity contribution is -0.276. The zero-order valence-corrected chi connectivity index (χ0v) is 8.84. The molecule has 0 aliphatic carbocycles. The highest BCUT2D eigenvalue weighted by molar-refractivity contribution is 5.85. The van der Waals surface area contributed by atoms with E-state index < -0.39 is 6.36 Å². The first-order chi connectivity index (χ1) is 8.01. The third-order valence-corrected chi connectivity index (χ3v) is 2.39. The molecule has 1 heterocycles. The summed E-state index contributed by atoms with van der Waals surface area (Å²) in [7, 11) is 0. The number of hydrogen-bond donors (Lipinski definition) is 2. The molecule has 0 bridgehead atoms. The number of ether oxygens (including phenoxy) is 1. The van der Waals surface area contributed by atoms with Crippen molar-refractivity contribution in [3.63, 3.8) is 0 Å². The van der Waals surface area contributed by atoms with Gasteiger partial charge >= 0.3 is 6.36 Å². The molecule has 3 nitrogen and oxygen atoms in total. The van der Waals surface area contributed by atoms with Crippen LogP contribution < -0.4 is 10.5 Å². The van der Waals surface area contributed by atoms with Gasteiger partial charge in [0, 0.05) is 16.5 Å². The SMILES string of the molecule is NCCc1c(OC(F)(F)F)[nH]c2ccccc12. The monoisotopic (exact) mass is 244 g/mol. The predicted molar refractivity (Wildman–Crippen MR) is 57.7 cm³/mol. The minimum absolute atomic E-state index is 0.260. The Hall–Kier alpha value is -1.69. The Labute approximate surface area is 95.4 Å². The number of hydrogen-bond acceptors (Lipinski definition) is 2. The predicted octanol–water partition coefficient (Wildman–Crippen LogP) is 2.57. The molecular formula is C11H11F3N2O. The maximum absolute atomic E-state index is 12.2. The van der Waals surface area contributed by atoms with Crippen LogP contribution in [0.15, 0.2) is 24.3 Å². The number of aromatic amines is 1. The van der Waals surface area contributed by atoms with Crippen molar-refractivity contribution in [3.8, 4) is 5.88 Å². The number of nitrogens with one attached hydrogen (secondary N) is 1. The molecule has 0 unspecified atom stereocenters. The zero-order valence-electron chi connectivity index (χ0n) is 8.84. The van der Waals surface area contributed by atoms with Crippen molar-refractivity contribution in [3.05, 3.63) is 29.8 Å². The maximum atomic E-state index is 12.2. The Bertz CT molecular complexity index is 519. The summed E-state index contributed by atoms with van der Waals surface area (Å²) >= 11 is 0. The van der Waals surface area contributed by atoms with Crippen LogP contribution in [0.2, 0.25) is 0 Å². The fraction of sp³-hybridized carbons (Fsp3) is 0.273. The van der Waals surface area contributed by atoms with Gasteiger partial charge in [0.15, 0.2) is 0 Å². The summed E-state index contributed by atoms with van der Waals surface area (Å²) in [5.41, 5.74) is 6.46. The Kier molecular flexibility index (Phi) is 2.97. The van der Waals surface area contributed by atoms with Crippen LogP contribution in [-0.2, 0) is 6.42 Å². The van der Waals surface area contributed by atoms with Crippen LogP contribution in [0.5, 0.6) is 5.88 Å². The second-order valence-corrected chi connectivity index (χ2v) is 3.56. The van der Waals surface area contributed by atoms with Gasteiger partial charge in [-0.1, -0.05) is 18.2 Å². The molecule has 1 aromatic heterocycles. The molecule has 0 fully saturated rings. The molecule has 1 aromatic carbocycles. The number of alkyl halides is 3. The van der Waals surface area contributed by atoms with Gasteiger partial charge in [-0.3, -0.25) is 0 Å². The molecule has 0 saturated heterocycles. The molecule has 0 amide bonds. The molecular weight excluding hydrogens is 233 g/mol. The van der Waals surface area contributed by atoms with Crippen molar-refractivity contribution in [1.82, 2.24) is 4.98 Å². The first kappa shape index (κ1) is 11.8. The summed E-state index contributed by atoms with van der Waals surface area (Å²) in [5, 5.41) is 0.706. The molecule has 6 heteroatoms. The van der Waals surface area contributed by atoms with E-state index in [1.807, 2.05) is 0 Å². The first-order valence-electron chi connectivity index (χ1n) is 5.06. The van der Waals surface area contributed by atoms with Crippen molar-refractivity contribution >= 4 is 10.9 Å². The maximum Gasteiger partial charge on any atom is 0.574 e. The largest absolute Gasteiger partial charge is 0.574 e. The van der Waals surface area contributed by atoms with Gasteiger partial charge in [-0.25, -0.2) is 0 Å². The average molecular weight is 244 g/mol. The minimum atomic E-state index is -4.70. The summed E-state index contributed by atoms with van der Waals surface area (Å²) < 4.78 is 40.6. The van der Waals surface area contributed by atoms with Gasteiger partial charge in [0.25, 0.3) is 0 Å². The Morgan fingerprint density at radius 2 is 1.94 bits per heavy atom. The standard InChI is InChI=1S/C11H11F3N2O/c12-11(13,14)17-10-8(5-6-15)7-3-1-2-4-9(7)16-10/h1-4,16H,5-6,15H2. The minimum Gasteiger partial charge on any atom is -0.390 e. The third kappa shape index (κ3) is 2.52. The van der Waals surface area contributed by atoms with E-state index in [1.165, 1.54) is 0 Å². The number of H-pyrrole nitrogens is 1. The van der Waals surface area contributed by atoms with Crippen LogP contribution >= 0.6 is 0 Å². The third-order valence-electron chi connectivity index (χ3n) is 2.39. The van der Waals surface area contributed by atoms with E-state index in [-0.39, 0.29) is 12.4 Å². The van der Waals surface area contributed by atoms with Crippen LogP contribution in [-0.4, -0.2) is 17.9 Å². The van der Waals surface area contributed by atoms with Gasteiger partial charge < -0.3 is 15.5 Å². The van der Waals surface area contributed by atoms with E-state index in [2.05, 4.69) is 9.72 Å². The number of para-hydroxylation sites is 1. The fourth-order valence-electron chi connectivity index (χ4n) is 1.77. The molecule has 0 radical (unpaired) electrons. The molecule has 2 aromatic rings. The molecule has 0 atom stereocenters. The molecule has 0 aliphatic heterocycles. The Balaban J connectivity index is 2.49. The van der Waals surface area contributed by atoms with E-state index in [9.17, 15) is 13.2 Å². The fourth-order valence-corrected chi connectivity index (χ4v) is 1.77. The normalized spacial score (nSPS) is 12.0. The molecule has 0 aliphatic rings. The highest BCUT2D eigenvalue weighted by Crippen LogP contribution is 2.31. The van der Waals surface area contributed by atoms with Crippen LogP contribution in [0, 0.1) is 0 Å². The molecule has 2 rings (SSSR count). The second-order valence-electron chi connectivity index (χ2n) is 3.56. The summed E-state index contributed by atoms with van der Waals surface area (Å²) in [5.74, 6) is -0.274. The number of benzene rings is 1. The molecule has 92 valence electrons. The van der Waals surface area contributed by atoms with E-state index in [0.717, 1.165) is 0 Å². The topological polar surface area (TPSA) is 51.0 Å². The van der Waals surface area contributed by atoms with Crippen molar-refractivity contribution in [1.29, 1.82) is 0 Å². The van der Waals surface area contributed by atoms with Crippen molar-refractivity contribution in [2.45, 2.75) is 12.8 Å². The van der Waals surface area contributed by atoms with E-state index in [0.29, 0.717) is 22.9 Å². The Morgan fingerprint density at radius 3 is 2.59 bits per heavy atom. The zero-order chi connectivity index (χ0) is 12.5.